The Morgan fingerprint density at radius 2 is 1.88 bits per heavy atom. The SMILES string of the molecule is CC[C@H](C)[C@H](NC(=O)N(C)C(C)CO)C(=O)O. The number of nitrogens with zero attached hydrogens (tertiary/aromatic N) is 1. The van der Waals surface area contributed by atoms with Crippen molar-refractivity contribution in [1.29, 1.82) is 0 Å². The van der Waals surface area contributed by atoms with Crippen LogP contribution < -0.4 is 5.32 Å². The van der Waals surface area contributed by atoms with Gasteiger partial charge in [-0.2, -0.15) is 0 Å². The lowest BCUT2D eigenvalue weighted by molar-refractivity contribution is -0.140. The number of carboxylic acids is 1. The molecular formula is C11H22N2O4. The van der Waals surface area contributed by atoms with Crippen LogP contribution in [0.2, 0.25) is 0 Å². The molecule has 100 valence electrons. The number of carboxylic acid groups (broad SMARTS) is 1. The van der Waals surface area contributed by atoms with Crippen LogP contribution >= 0.6 is 0 Å². The number of rotatable bonds is 6. The van der Waals surface area contributed by atoms with E-state index in [1.54, 1.807) is 13.8 Å². The molecular weight excluding hydrogens is 224 g/mol. The van der Waals surface area contributed by atoms with Crippen molar-refractivity contribution < 1.29 is 19.8 Å². The van der Waals surface area contributed by atoms with Gasteiger partial charge in [0.15, 0.2) is 0 Å². The van der Waals surface area contributed by atoms with Gasteiger partial charge in [-0.15, -0.1) is 0 Å². The molecule has 0 aliphatic heterocycles. The fraction of sp³-hybridized carbons (Fsp3) is 0.818. The Balaban J connectivity index is 4.56. The average molecular weight is 246 g/mol. The highest BCUT2D eigenvalue weighted by molar-refractivity contribution is 5.82. The normalized spacial score (nSPS) is 15.8. The second-order valence-electron chi connectivity index (χ2n) is 4.29. The number of hydrogen-bond acceptors (Lipinski definition) is 3. The van der Waals surface area contributed by atoms with E-state index in [-0.39, 0.29) is 18.6 Å². The summed E-state index contributed by atoms with van der Waals surface area (Å²) in [4.78, 5) is 24.0. The monoisotopic (exact) mass is 246 g/mol. The fourth-order valence-corrected chi connectivity index (χ4v) is 1.24. The van der Waals surface area contributed by atoms with Crippen molar-refractivity contribution in [3.8, 4) is 0 Å². The molecule has 0 aromatic heterocycles. The minimum Gasteiger partial charge on any atom is -0.480 e. The van der Waals surface area contributed by atoms with E-state index in [1.807, 2.05) is 6.92 Å². The van der Waals surface area contributed by atoms with E-state index in [9.17, 15) is 9.59 Å². The predicted octanol–water partition coefficient (Wildman–Crippen LogP) is 0.508. The summed E-state index contributed by atoms with van der Waals surface area (Å²) in [5.74, 6) is -1.19. The molecule has 3 N–H and O–H groups in total. The number of likely N-dealkylation sites (N-methyl/N-ethyl adjacent to an activating group) is 1. The van der Waals surface area contributed by atoms with E-state index in [1.165, 1.54) is 11.9 Å². The van der Waals surface area contributed by atoms with Crippen molar-refractivity contribution in [1.82, 2.24) is 10.2 Å². The summed E-state index contributed by atoms with van der Waals surface area (Å²) < 4.78 is 0. The summed E-state index contributed by atoms with van der Waals surface area (Å²) in [6, 6.07) is -1.73. The lowest BCUT2D eigenvalue weighted by Gasteiger charge is -2.27. The smallest absolute Gasteiger partial charge is 0.326 e. The van der Waals surface area contributed by atoms with Gasteiger partial charge in [-0.1, -0.05) is 20.3 Å². The largest absolute Gasteiger partial charge is 0.480 e. The maximum atomic E-state index is 11.7. The van der Waals surface area contributed by atoms with Crippen LogP contribution in [0.4, 0.5) is 4.79 Å². The first-order chi connectivity index (χ1) is 7.84. The first-order valence-corrected chi connectivity index (χ1v) is 5.72. The summed E-state index contributed by atoms with van der Waals surface area (Å²) in [6.07, 6.45) is 0.663. The van der Waals surface area contributed by atoms with Gasteiger partial charge in [0, 0.05) is 7.05 Å². The summed E-state index contributed by atoms with van der Waals surface area (Å²) in [7, 11) is 1.52. The summed E-state index contributed by atoms with van der Waals surface area (Å²) in [5, 5.41) is 20.4. The van der Waals surface area contributed by atoms with Crippen LogP contribution in [0.15, 0.2) is 0 Å². The Morgan fingerprint density at radius 1 is 1.35 bits per heavy atom. The van der Waals surface area contributed by atoms with Crippen LogP contribution in [0, 0.1) is 5.92 Å². The van der Waals surface area contributed by atoms with Crippen molar-refractivity contribution in [2.75, 3.05) is 13.7 Å². The number of carbonyl (C=O) groups excluding carboxylic acids is 1. The Kier molecular flexibility index (Phi) is 6.57. The van der Waals surface area contributed by atoms with Gasteiger partial charge in [0.25, 0.3) is 0 Å². The molecule has 0 saturated carbocycles. The fourth-order valence-electron chi connectivity index (χ4n) is 1.24. The minimum atomic E-state index is -1.04. The number of urea groups is 1. The lowest BCUT2D eigenvalue weighted by Crippen LogP contribution is -2.52. The van der Waals surface area contributed by atoms with E-state index >= 15 is 0 Å². The molecule has 6 heteroatoms. The quantitative estimate of drug-likeness (QED) is 0.637. The number of amides is 2. The number of hydrogen-bond donors (Lipinski definition) is 3. The zero-order chi connectivity index (χ0) is 13.6. The number of nitrogens with one attached hydrogen (secondary N) is 1. The van der Waals surface area contributed by atoms with Crippen molar-refractivity contribution in [2.24, 2.45) is 5.92 Å². The summed E-state index contributed by atoms with van der Waals surface area (Å²) in [5.41, 5.74) is 0. The van der Waals surface area contributed by atoms with Gasteiger partial charge >= 0.3 is 12.0 Å². The lowest BCUT2D eigenvalue weighted by atomic mass is 9.99. The second kappa shape index (κ2) is 7.11. The summed E-state index contributed by atoms with van der Waals surface area (Å²) in [6.45, 7) is 5.16. The molecule has 0 aromatic carbocycles. The van der Waals surface area contributed by atoms with Crippen LogP contribution in [0.1, 0.15) is 27.2 Å². The third kappa shape index (κ3) is 4.60. The molecule has 3 atom stereocenters. The topological polar surface area (TPSA) is 89.9 Å². The van der Waals surface area contributed by atoms with Crippen LogP contribution in [-0.4, -0.2) is 52.9 Å². The van der Waals surface area contributed by atoms with Crippen LogP contribution in [0.3, 0.4) is 0 Å². The molecule has 0 heterocycles. The zero-order valence-electron chi connectivity index (χ0n) is 10.8. The third-order valence-corrected chi connectivity index (χ3v) is 3.00. The second-order valence-corrected chi connectivity index (χ2v) is 4.29. The first-order valence-electron chi connectivity index (χ1n) is 5.72. The maximum absolute atomic E-state index is 11.7. The molecule has 0 rings (SSSR count). The Morgan fingerprint density at radius 3 is 2.24 bits per heavy atom. The number of aliphatic hydroxyl groups excluding tert-OH is 1. The highest BCUT2D eigenvalue weighted by atomic mass is 16.4. The zero-order valence-corrected chi connectivity index (χ0v) is 10.8. The Labute approximate surface area is 102 Å². The molecule has 1 unspecified atom stereocenters. The Hall–Kier alpha value is -1.30. The van der Waals surface area contributed by atoms with Gasteiger partial charge in [-0.05, 0) is 12.8 Å². The van der Waals surface area contributed by atoms with Crippen molar-refractivity contribution in [2.45, 2.75) is 39.3 Å². The van der Waals surface area contributed by atoms with Crippen molar-refractivity contribution in [3.05, 3.63) is 0 Å². The molecule has 0 spiro atoms. The van der Waals surface area contributed by atoms with Crippen LogP contribution in [0.5, 0.6) is 0 Å². The van der Waals surface area contributed by atoms with E-state index in [2.05, 4.69) is 5.32 Å². The maximum Gasteiger partial charge on any atom is 0.326 e. The van der Waals surface area contributed by atoms with E-state index in [4.69, 9.17) is 10.2 Å². The van der Waals surface area contributed by atoms with E-state index in [0.29, 0.717) is 6.42 Å². The Bertz CT molecular complexity index is 270. The van der Waals surface area contributed by atoms with Crippen LogP contribution in [0.25, 0.3) is 0 Å². The van der Waals surface area contributed by atoms with Crippen LogP contribution in [-0.2, 0) is 4.79 Å². The van der Waals surface area contributed by atoms with Crippen molar-refractivity contribution in [3.63, 3.8) is 0 Å². The molecule has 0 bridgehead atoms. The predicted molar refractivity (Wildman–Crippen MR) is 63.7 cm³/mol. The van der Waals surface area contributed by atoms with Gasteiger partial charge in [0.1, 0.15) is 6.04 Å². The molecule has 0 fully saturated rings. The van der Waals surface area contributed by atoms with Crippen molar-refractivity contribution >= 4 is 12.0 Å². The molecule has 0 aliphatic carbocycles. The molecule has 0 aromatic rings. The number of aliphatic hydroxyl groups is 1. The van der Waals surface area contributed by atoms with Gasteiger partial charge in [-0.25, -0.2) is 9.59 Å². The number of aliphatic carboxylic acids is 1. The molecule has 0 radical (unpaired) electrons. The summed E-state index contributed by atoms with van der Waals surface area (Å²) >= 11 is 0. The highest BCUT2D eigenvalue weighted by Crippen LogP contribution is 2.08. The highest BCUT2D eigenvalue weighted by Gasteiger charge is 2.27. The first kappa shape index (κ1) is 15.7. The average Bonchev–Trinajstić information content (AvgIpc) is 2.32. The van der Waals surface area contributed by atoms with Gasteiger partial charge < -0.3 is 20.4 Å². The number of carbonyl (C=O) groups is 2. The molecule has 2 amide bonds. The van der Waals surface area contributed by atoms with Gasteiger partial charge in [0.2, 0.25) is 0 Å². The molecule has 6 nitrogen and oxygen atoms in total. The van der Waals surface area contributed by atoms with Gasteiger partial charge in [0.05, 0.1) is 12.6 Å². The molecule has 0 aliphatic rings. The third-order valence-electron chi connectivity index (χ3n) is 3.00. The standard InChI is InChI=1S/C11H22N2O4/c1-5-7(2)9(10(15)16)12-11(17)13(4)8(3)6-14/h7-9,14H,5-6H2,1-4H3,(H,12,17)(H,15,16)/t7-,8?,9-/m0/s1. The van der Waals surface area contributed by atoms with E-state index < -0.39 is 18.0 Å². The van der Waals surface area contributed by atoms with E-state index in [0.717, 1.165) is 0 Å². The molecule has 0 saturated heterocycles. The molecule has 17 heavy (non-hydrogen) atoms. The van der Waals surface area contributed by atoms with Gasteiger partial charge in [-0.3, -0.25) is 0 Å². The minimum absolute atomic E-state index is 0.144.